The summed E-state index contributed by atoms with van der Waals surface area (Å²) in [4.78, 5) is 6.90. The molecule has 1 aromatic carbocycles. The molecule has 5 aliphatic rings. The fourth-order valence-electron chi connectivity index (χ4n) is 9.04. The largest absolute Gasteiger partial charge is 0.383 e. The van der Waals surface area contributed by atoms with E-state index in [9.17, 15) is 0 Å². The first-order valence-electron chi connectivity index (χ1n) is 14.1. The van der Waals surface area contributed by atoms with Gasteiger partial charge in [-0.15, -0.1) is 0 Å². The van der Waals surface area contributed by atoms with E-state index in [0.717, 1.165) is 26.0 Å². The number of likely N-dealkylation sites (N-methyl/N-ethyl adjacent to an activating group) is 1. The van der Waals surface area contributed by atoms with Crippen molar-refractivity contribution in [2.75, 3.05) is 27.3 Å². The Morgan fingerprint density at radius 1 is 1.14 bits per heavy atom. The van der Waals surface area contributed by atoms with E-state index >= 15 is 0 Å². The summed E-state index contributed by atoms with van der Waals surface area (Å²) in [5.74, 6) is 1.16. The van der Waals surface area contributed by atoms with E-state index in [1.165, 1.54) is 60.4 Å². The second-order valence-corrected chi connectivity index (χ2v) is 12.6. The Morgan fingerprint density at radius 2 is 2.06 bits per heavy atom. The Kier molecular flexibility index (Phi) is 5.30. The molecule has 3 heterocycles. The fraction of sp³-hybridized carbons (Fsp3) is 0.594. The average Bonchev–Trinajstić information content (AvgIpc) is 3.41. The number of rotatable bonds is 5. The Labute approximate surface area is 215 Å². The molecular weight excluding hydrogens is 444 g/mol. The van der Waals surface area contributed by atoms with E-state index < -0.39 is 0 Å². The second kappa shape index (κ2) is 8.24. The molecule has 2 spiro atoms. The molecule has 1 saturated heterocycles. The third-order valence-corrected chi connectivity index (χ3v) is 11.0. The number of ether oxygens (including phenoxy) is 2. The van der Waals surface area contributed by atoms with Gasteiger partial charge in [0.2, 0.25) is 0 Å². The van der Waals surface area contributed by atoms with Crippen LogP contribution in [-0.2, 0) is 9.47 Å². The van der Waals surface area contributed by atoms with Crippen LogP contribution in [0.1, 0.15) is 69.8 Å². The SMILES string of the molecule is COCCN(C)[C@H]1CCC2=CC3=CC[C@]4(C)[C@@H](c5ccc6ccncc6c5)CC[C@H]4[C@@]34CCC2(C1)O4. The summed E-state index contributed by atoms with van der Waals surface area (Å²) in [5.41, 5.74) is 4.69. The number of hydrogen-bond donors (Lipinski definition) is 0. The van der Waals surface area contributed by atoms with Crippen molar-refractivity contribution in [3.8, 4) is 0 Å². The first kappa shape index (κ1) is 23.1. The molecule has 7 rings (SSSR count). The molecule has 4 heteroatoms. The highest BCUT2D eigenvalue weighted by molar-refractivity contribution is 5.82. The zero-order valence-electron chi connectivity index (χ0n) is 22.1. The summed E-state index contributed by atoms with van der Waals surface area (Å²) in [5, 5.41) is 2.55. The van der Waals surface area contributed by atoms with Crippen molar-refractivity contribution in [3.63, 3.8) is 0 Å². The highest BCUT2D eigenvalue weighted by Gasteiger charge is 2.66. The van der Waals surface area contributed by atoms with Crippen molar-refractivity contribution < 1.29 is 9.47 Å². The number of nitrogens with zero attached hydrogens (tertiary/aromatic N) is 2. The first-order valence-corrected chi connectivity index (χ1v) is 14.1. The van der Waals surface area contributed by atoms with Crippen LogP contribution >= 0.6 is 0 Å². The van der Waals surface area contributed by atoms with Crippen LogP contribution in [0.3, 0.4) is 0 Å². The highest BCUT2D eigenvalue weighted by Crippen LogP contribution is 2.69. The third kappa shape index (κ3) is 3.20. The van der Waals surface area contributed by atoms with Gasteiger partial charge in [-0.05, 0) is 110 Å². The van der Waals surface area contributed by atoms with Gasteiger partial charge in [0, 0.05) is 37.5 Å². The maximum Gasteiger partial charge on any atom is 0.0974 e. The van der Waals surface area contributed by atoms with Gasteiger partial charge in [0.05, 0.1) is 17.8 Å². The maximum absolute atomic E-state index is 7.49. The topological polar surface area (TPSA) is 34.6 Å². The molecular formula is C32H40N2O2. The van der Waals surface area contributed by atoms with Crippen LogP contribution in [0.4, 0.5) is 0 Å². The quantitative estimate of drug-likeness (QED) is 0.490. The normalized spacial score (nSPS) is 38.9. The molecule has 0 amide bonds. The Hall–Kier alpha value is -2.01. The molecule has 0 radical (unpaired) electrons. The molecule has 6 atom stereocenters. The lowest BCUT2D eigenvalue weighted by atomic mass is 9.58. The Balaban J connectivity index is 1.21. The summed E-state index contributed by atoms with van der Waals surface area (Å²) in [6.07, 6.45) is 18.7. The molecule has 4 nitrogen and oxygen atoms in total. The van der Waals surface area contributed by atoms with Gasteiger partial charge in [-0.2, -0.15) is 0 Å². The number of fused-ring (bicyclic) bond motifs is 2. The first-order chi connectivity index (χ1) is 17.5. The molecule has 190 valence electrons. The lowest BCUT2D eigenvalue weighted by molar-refractivity contribution is -0.140. The van der Waals surface area contributed by atoms with E-state index in [1.807, 2.05) is 12.4 Å². The van der Waals surface area contributed by atoms with Crippen molar-refractivity contribution >= 4 is 10.8 Å². The van der Waals surface area contributed by atoms with Crippen LogP contribution in [0.25, 0.3) is 10.8 Å². The summed E-state index contributed by atoms with van der Waals surface area (Å²) < 4.78 is 12.9. The zero-order valence-corrected chi connectivity index (χ0v) is 22.1. The van der Waals surface area contributed by atoms with Gasteiger partial charge in [0.25, 0.3) is 0 Å². The number of pyridine rings is 1. The number of hydrogen-bond acceptors (Lipinski definition) is 4. The number of methoxy groups -OCH3 is 1. The molecule has 36 heavy (non-hydrogen) atoms. The standard InChI is InChI=1S/C32H40N2O2/c1-30-12-10-26-19-25-6-7-27(34(2)16-17-35-3)20-31(25)13-14-32(26,36-31)29(30)9-8-28(30)23-5-4-22-11-15-33-21-24(22)18-23/h4-5,10-11,15,18-19,21,27-29H,6-9,12-14,16-17,20H2,1-3H3/t27-,28+,29+,30+,31?,32+/m0/s1. The maximum atomic E-state index is 7.49. The third-order valence-electron chi connectivity index (χ3n) is 11.0. The molecule has 3 fully saturated rings. The van der Waals surface area contributed by atoms with E-state index in [1.54, 1.807) is 12.7 Å². The predicted octanol–water partition coefficient (Wildman–Crippen LogP) is 6.42. The molecule has 2 aromatic rings. The zero-order chi connectivity index (χ0) is 24.5. The van der Waals surface area contributed by atoms with Crippen LogP contribution in [-0.4, -0.2) is 54.4 Å². The monoisotopic (exact) mass is 484 g/mol. The average molecular weight is 485 g/mol. The van der Waals surface area contributed by atoms with Gasteiger partial charge >= 0.3 is 0 Å². The number of allylic oxidation sites excluding steroid dienone is 1. The summed E-state index contributed by atoms with van der Waals surface area (Å²) in [7, 11) is 4.07. The van der Waals surface area contributed by atoms with Crippen LogP contribution in [0.2, 0.25) is 0 Å². The van der Waals surface area contributed by atoms with Crippen LogP contribution < -0.4 is 0 Å². The minimum absolute atomic E-state index is 0.0491. The number of aromatic nitrogens is 1. The number of benzene rings is 1. The lowest BCUT2D eigenvalue weighted by Gasteiger charge is -2.55. The van der Waals surface area contributed by atoms with Gasteiger partial charge in [0.15, 0.2) is 0 Å². The van der Waals surface area contributed by atoms with E-state index in [-0.39, 0.29) is 16.6 Å². The predicted molar refractivity (Wildman–Crippen MR) is 144 cm³/mol. The molecule has 2 aliphatic heterocycles. The van der Waals surface area contributed by atoms with Gasteiger partial charge in [-0.1, -0.05) is 31.2 Å². The smallest absolute Gasteiger partial charge is 0.0974 e. The van der Waals surface area contributed by atoms with Crippen LogP contribution in [0.15, 0.2) is 60.0 Å². The molecule has 3 aliphatic carbocycles. The lowest BCUT2D eigenvalue weighted by Crippen LogP contribution is -2.55. The van der Waals surface area contributed by atoms with Gasteiger partial charge < -0.3 is 14.4 Å². The van der Waals surface area contributed by atoms with Gasteiger partial charge in [-0.3, -0.25) is 4.98 Å². The molecule has 0 N–H and O–H groups in total. The fourth-order valence-corrected chi connectivity index (χ4v) is 9.04. The van der Waals surface area contributed by atoms with Gasteiger partial charge in [-0.25, -0.2) is 0 Å². The Morgan fingerprint density at radius 3 is 2.94 bits per heavy atom. The summed E-state index contributed by atoms with van der Waals surface area (Å²) in [6, 6.07) is 9.79. The van der Waals surface area contributed by atoms with Crippen LogP contribution in [0.5, 0.6) is 0 Å². The van der Waals surface area contributed by atoms with Crippen molar-refractivity contribution in [1.82, 2.24) is 9.88 Å². The molecule has 1 aromatic heterocycles. The van der Waals surface area contributed by atoms with Crippen molar-refractivity contribution in [2.45, 2.75) is 81.5 Å². The molecule has 2 bridgehead atoms. The molecule has 2 saturated carbocycles. The molecule has 1 unspecified atom stereocenters. The van der Waals surface area contributed by atoms with E-state index in [0.29, 0.717) is 17.9 Å². The van der Waals surface area contributed by atoms with E-state index in [4.69, 9.17) is 9.47 Å². The summed E-state index contributed by atoms with van der Waals surface area (Å²) >= 11 is 0. The van der Waals surface area contributed by atoms with Crippen molar-refractivity contribution in [2.24, 2.45) is 11.3 Å². The minimum atomic E-state index is -0.0867. The van der Waals surface area contributed by atoms with Crippen LogP contribution in [0, 0.1) is 11.3 Å². The van der Waals surface area contributed by atoms with Crippen molar-refractivity contribution in [3.05, 3.63) is 65.5 Å². The second-order valence-electron chi connectivity index (χ2n) is 12.6. The summed E-state index contributed by atoms with van der Waals surface area (Å²) in [6.45, 7) is 4.36. The minimum Gasteiger partial charge on any atom is -0.383 e. The van der Waals surface area contributed by atoms with Gasteiger partial charge in [0.1, 0.15) is 0 Å². The highest BCUT2D eigenvalue weighted by atomic mass is 16.5. The van der Waals surface area contributed by atoms with E-state index in [2.05, 4.69) is 60.3 Å². The Bertz CT molecular complexity index is 1250. The van der Waals surface area contributed by atoms with Crippen molar-refractivity contribution in [1.29, 1.82) is 0 Å².